The van der Waals surface area contributed by atoms with Gasteiger partial charge in [0, 0.05) is 47.1 Å². The number of nitrogens with zero attached hydrogens (tertiary/aromatic N) is 3. The summed E-state index contributed by atoms with van der Waals surface area (Å²) in [4.78, 5) is 23.7. The van der Waals surface area contributed by atoms with Crippen molar-refractivity contribution < 1.29 is 9.90 Å². The second-order valence-electron chi connectivity index (χ2n) is 9.45. The number of hydrogen-bond donors (Lipinski definition) is 2. The molecule has 1 saturated heterocycles. The van der Waals surface area contributed by atoms with Crippen LogP contribution in [0.25, 0.3) is 10.9 Å². The molecule has 2 aromatic carbocycles. The molecule has 2 atom stereocenters. The summed E-state index contributed by atoms with van der Waals surface area (Å²) in [6, 6.07) is 13.2. The smallest absolute Gasteiger partial charge is 0.254 e. The highest BCUT2D eigenvalue weighted by Gasteiger charge is 2.57. The van der Waals surface area contributed by atoms with Crippen LogP contribution < -0.4 is 0 Å². The van der Waals surface area contributed by atoms with E-state index < -0.39 is 5.54 Å². The highest BCUT2D eigenvalue weighted by Crippen LogP contribution is 2.51. The Morgan fingerprint density at radius 1 is 1.32 bits per heavy atom. The number of H-pyrrole nitrogens is 1. The number of aromatic nitrogens is 1. The number of aromatic hydroxyl groups is 1. The Hall–Kier alpha value is -3.03. The number of amides is 1. The van der Waals surface area contributed by atoms with Crippen LogP contribution in [-0.2, 0) is 11.2 Å². The van der Waals surface area contributed by atoms with E-state index in [-0.39, 0.29) is 17.7 Å². The number of phenols is 1. The van der Waals surface area contributed by atoms with Crippen LogP contribution >= 0.6 is 15.9 Å². The van der Waals surface area contributed by atoms with Gasteiger partial charge in [-0.05, 0) is 55.4 Å². The van der Waals surface area contributed by atoms with Gasteiger partial charge in [-0.1, -0.05) is 40.7 Å². The molecule has 1 amide bonds. The minimum atomic E-state index is -0.783. The van der Waals surface area contributed by atoms with E-state index in [1.807, 2.05) is 43.1 Å². The van der Waals surface area contributed by atoms with Gasteiger partial charge in [-0.15, -0.1) is 6.58 Å². The van der Waals surface area contributed by atoms with Crippen molar-refractivity contribution in [2.24, 2.45) is 0 Å². The van der Waals surface area contributed by atoms with Gasteiger partial charge in [-0.2, -0.15) is 0 Å². The van der Waals surface area contributed by atoms with Crippen LogP contribution in [0, 0.1) is 0 Å². The third kappa shape index (κ3) is 3.46. The Morgan fingerprint density at radius 3 is 2.85 bits per heavy atom. The molecule has 0 spiro atoms. The maximum atomic E-state index is 13.9. The summed E-state index contributed by atoms with van der Waals surface area (Å²) in [5, 5.41) is 11.4. The SMILES string of the molecule is C=CCN(C)CCN1C(=C)N2[C@H](c3cccc(O)c3)c3[nH]c4ccc(Br)cc4c3C[C@@]2(C)C1=O. The monoisotopic (exact) mass is 520 g/mol. The van der Waals surface area contributed by atoms with E-state index in [1.54, 1.807) is 12.1 Å². The molecule has 2 aliphatic heterocycles. The number of phenolic OH excluding ortho intramolecular Hbond substituents is 1. The average Bonchev–Trinajstić information content (AvgIpc) is 3.23. The van der Waals surface area contributed by atoms with Gasteiger partial charge in [0.15, 0.2) is 0 Å². The predicted octanol–water partition coefficient (Wildman–Crippen LogP) is 4.77. The van der Waals surface area contributed by atoms with Crippen LogP contribution in [0.2, 0.25) is 0 Å². The standard InChI is InChI=1S/C27H29BrN4O2/c1-5-11-30(4)12-13-31-17(2)32-25(18-7-6-8-20(33)14-18)24-22(16-27(32,3)26(31)34)21-15-19(28)9-10-23(21)29-24/h5-10,14-15,25,29,33H,1-2,11-13,16H2,3-4H3/t25-,27+/m1/s1. The van der Waals surface area contributed by atoms with Crippen molar-refractivity contribution in [2.45, 2.75) is 24.9 Å². The van der Waals surface area contributed by atoms with Crippen molar-refractivity contribution >= 4 is 32.7 Å². The molecule has 1 aromatic heterocycles. The van der Waals surface area contributed by atoms with Gasteiger partial charge in [0.25, 0.3) is 5.91 Å². The summed E-state index contributed by atoms with van der Waals surface area (Å²) in [5.74, 6) is 0.951. The van der Waals surface area contributed by atoms with Gasteiger partial charge >= 0.3 is 0 Å². The first kappa shape index (κ1) is 22.7. The number of likely N-dealkylation sites (N-methyl/N-ethyl adjacent to an activating group) is 1. The van der Waals surface area contributed by atoms with Crippen molar-refractivity contribution in [3.05, 3.63) is 88.8 Å². The van der Waals surface area contributed by atoms with E-state index in [2.05, 4.69) is 56.0 Å². The highest BCUT2D eigenvalue weighted by atomic mass is 79.9. The lowest BCUT2D eigenvalue weighted by Gasteiger charge is -2.44. The van der Waals surface area contributed by atoms with Gasteiger partial charge in [0.1, 0.15) is 17.1 Å². The lowest BCUT2D eigenvalue weighted by molar-refractivity contribution is -0.133. The summed E-state index contributed by atoms with van der Waals surface area (Å²) in [5.41, 5.74) is 3.33. The molecule has 2 aliphatic rings. The summed E-state index contributed by atoms with van der Waals surface area (Å²) in [6.45, 7) is 12.2. The van der Waals surface area contributed by atoms with Crippen molar-refractivity contribution in [3.63, 3.8) is 0 Å². The highest BCUT2D eigenvalue weighted by molar-refractivity contribution is 9.10. The Morgan fingerprint density at radius 2 is 2.12 bits per heavy atom. The van der Waals surface area contributed by atoms with E-state index in [9.17, 15) is 9.90 Å². The summed E-state index contributed by atoms with van der Waals surface area (Å²) >= 11 is 3.60. The molecule has 2 N–H and O–H groups in total. The Bertz CT molecular complexity index is 1320. The molecule has 0 radical (unpaired) electrons. The molecular formula is C27H29BrN4O2. The molecule has 0 bridgehead atoms. The lowest BCUT2D eigenvalue weighted by Crippen LogP contribution is -2.52. The molecule has 3 aromatic rings. The second kappa shape index (κ2) is 8.32. The van der Waals surface area contributed by atoms with Gasteiger partial charge in [0.05, 0.1) is 6.04 Å². The Labute approximate surface area is 208 Å². The number of fused-ring (bicyclic) bond motifs is 4. The fourth-order valence-corrected chi connectivity index (χ4v) is 5.84. The largest absolute Gasteiger partial charge is 0.508 e. The first-order valence-corrected chi connectivity index (χ1v) is 12.2. The van der Waals surface area contributed by atoms with Crippen LogP contribution in [0.5, 0.6) is 5.75 Å². The van der Waals surface area contributed by atoms with Crippen LogP contribution in [0.1, 0.15) is 29.8 Å². The van der Waals surface area contributed by atoms with Crippen molar-refractivity contribution in [2.75, 3.05) is 26.7 Å². The molecule has 0 saturated carbocycles. The second-order valence-corrected chi connectivity index (χ2v) is 10.4. The Kier molecular flexibility index (Phi) is 5.57. The molecule has 1 fully saturated rings. The minimum Gasteiger partial charge on any atom is -0.508 e. The molecule has 3 heterocycles. The van der Waals surface area contributed by atoms with Gasteiger partial charge < -0.3 is 19.9 Å². The molecule has 34 heavy (non-hydrogen) atoms. The van der Waals surface area contributed by atoms with Crippen molar-refractivity contribution in [1.29, 1.82) is 0 Å². The number of hydrogen-bond acceptors (Lipinski definition) is 4. The number of rotatable bonds is 6. The number of nitrogens with one attached hydrogen (secondary N) is 1. The van der Waals surface area contributed by atoms with E-state index in [1.165, 1.54) is 0 Å². The zero-order valence-corrected chi connectivity index (χ0v) is 21.1. The fourth-order valence-electron chi connectivity index (χ4n) is 5.48. The maximum absolute atomic E-state index is 13.9. The molecular weight excluding hydrogens is 492 g/mol. The molecule has 176 valence electrons. The zero-order valence-electron chi connectivity index (χ0n) is 19.5. The van der Waals surface area contributed by atoms with Crippen LogP contribution in [0.4, 0.5) is 0 Å². The number of aromatic amines is 1. The number of benzene rings is 2. The van der Waals surface area contributed by atoms with Crippen LogP contribution in [0.3, 0.4) is 0 Å². The normalized spacial score (nSPS) is 21.9. The molecule has 6 nitrogen and oxygen atoms in total. The zero-order chi connectivity index (χ0) is 24.2. The van der Waals surface area contributed by atoms with E-state index in [0.29, 0.717) is 18.8 Å². The summed E-state index contributed by atoms with van der Waals surface area (Å²) < 4.78 is 0.998. The molecule has 7 heteroatoms. The average molecular weight is 521 g/mol. The predicted molar refractivity (Wildman–Crippen MR) is 138 cm³/mol. The van der Waals surface area contributed by atoms with Crippen LogP contribution in [-0.4, -0.2) is 62.9 Å². The van der Waals surface area contributed by atoms with E-state index in [0.717, 1.165) is 45.3 Å². The van der Waals surface area contributed by atoms with E-state index in [4.69, 9.17) is 0 Å². The fraction of sp³-hybridized carbons (Fsp3) is 0.296. The number of carbonyl (C=O) groups excluding carboxylic acids is 1. The number of carbonyl (C=O) groups is 1. The first-order chi connectivity index (χ1) is 16.2. The lowest BCUT2D eigenvalue weighted by atomic mass is 9.81. The van der Waals surface area contributed by atoms with Gasteiger partial charge in [-0.25, -0.2) is 0 Å². The number of halogens is 1. The van der Waals surface area contributed by atoms with Crippen molar-refractivity contribution in [3.8, 4) is 5.75 Å². The summed E-state index contributed by atoms with van der Waals surface area (Å²) in [6.07, 6.45) is 2.43. The molecule has 5 rings (SSSR count). The summed E-state index contributed by atoms with van der Waals surface area (Å²) in [7, 11) is 2.02. The molecule has 0 unspecified atom stereocenters. The quantitative estimate of drug-likeness (QED) is 0.459. The maximum Gasteiger partial charge on any atom is 0.254 e. The van der Waals surface area contributed by atoms with Gasteiger partial charge in [-0.3, -0.25) is 9.69 Å². The van der Waals surface area contributed by atoms with Crippen molar-refractivity contribution in [1.82, 2.24) is 19.7 Å². The topological polar surface area (TPSA) is 62.8 Å². The Balaban J connectivity index is 1.65. The van der Waals surface area contributed by atoms with Crippen LogP contribution in [0.15, 0.2) is 72.0 Å². The minimum absolute atomic E-state index is 0.0599. The van der Waals surface area contributed by atoms with E-state index >= 15 is 0 Å². The first-order valence-electron chi connectivity index (χ1n) is 11.4. The van der Waals surface area contributed by atoms with Gasteiger partial charge in [0.2, 0.25) is 0 Å². The molecule has 0 aliphatic carbocycles. The third-order valence-corrected chi connectivity index (χ3v) is 7.61. The third-order valence-electron chi connectivity index (χ3n) is 7.11.